The van der Waals surface area contributed by atoms with Crippen LogP contribution < -0.4 is 0 Å². The van der Waals surface area contributed by atoms with Crippen molar-refractivity contribution in [3.8, 4) is 0 Å². The molecule has 0 unspecified atom stereocenters. The predicted molar refractivity (Wildman–Crippen MR) is 64.8 cm³/mol. The van der Waals surface area contributed by atoms with Gasteiger partial charge in [-0.05, 0) is 43.6 Å². The second-order valence-electron chi connectivity index (χ2n) is 4.36. The molecule has 1 heteroatoms. The Bertz CT molecular complexity index is 238. The molecule has 0 amide bonds. The van der Waals surface area contributed by atoms with Crippen molar-refractivity contribution in [1.29, 1.82) is 0 Å². The van der Waals surface area contributed by atoms with E-state index in [1.54, 1.807) is 0 Å². The molecule has 15 heavy (non-hydrogen) atoms. The van der Waals surface area contributed by atoms with Gasteiger partial charge in [-0.1, -0.05) is 38.0 Å². The predicted octanol–water partition coefficient (Wildman–Crippen LogP) is 4.05. The maximum Gasteiger partial charge on any atom is 0.145 e. The minimum Gasteiger partial charge on any atom is -0.298 e. The zero-order chi connectivity index (χ0) is 10.9. The van der Waals surface area contributed by atoms with Crippen molar-refractivity contribution < 1.29 is 4.79 Å². The Hall–Kier alpha value is -0.850. The Labute approximate surface area is 93.3 Å². The lowest BCUT2D eigenvalue weighted by Gasteiger charge is -2.14. The molecule has 0 radical (unpaired) electrons. The van der Waals surface area contributed by atoms with Crippen LogP contribution in [0.1, 0.15) is 51.9 Å². The molecular weight excluding hydrogens is 184 g/mol. The average molecular weight is 206 g/mol. The van der Waals surface area contributed by atoms with E-state index in [0.717, 1.165) is 31.1 Å². The third kappa shape index (κ3) is 4.96. The van der Waals surface area contributed by atoms with Crippen molar-refractivity contribution in [2.75, 3.05) is 0 Å². The average Bonchev–Trinajstić information content (AvgIpc) is 2.29. The normalized spacial score (nSPS) is 21.7. The maximum atomic E-state index is 10.9. The van der Waals surface area contributed by atoms with E-state index in [0.29, 0.717) is 5.92 Å². The van der Waals surface area contributed by atoms with E-state index in [1.165, 1.54) is 25.7 Å². The van der Waals surface area contributed by atoms with E-state index in [4.69, 9.17) is 0 Å². The molecule has 0 bridgehead atoms. The zero-order valence-electron chi connectivity index (χ0n) is 9.74. The van der Waals surface area contributed by atoms with Gasteiger partial charge in [-0.3, -0.25) is 4.79 Å². The van der Waals surface area contributed by atoms with Crippen molar-refractivity contribution in [3.05, 3.63) is 23.8 Å². The van der Waals surface area contributed by atoms with Gasteiger partial charge in [0.2, 0.25) is 0 Å². The van der Waals surface area contributed by atoms with Crippen molar-refractivity contribution >= 4 is 6.29 Å². The largest absolute Gasteiger partial charge is 0.298 e. The Kier molecular flexibility index (Phi) is 6.06. The lowest BCUT2D eigenvalue weighted by Crippen LogP contribution is -2.01. The quantitative estimate of drug-likeness (QED) is 0.277. The molecule has 1 aliphatic rings. The van der Waals surface area contributed by atoms with Gasteiger partial charge in [-0.15, -0.1) is 0 Å². The molecule has 0 aromatic heterocycles. The van der Waals surface area contributed by atoms with Crippen LogP contribution in [0.3, 0.4) is 0 Å². The number of allylic oxidation sites excluding steroid dienone is 4. The van der Waals surface area contributed by atoms with Crippen LogP contribution in [-0.2, 0) is 4.79 Å². The van der Waals surface area contributed by atoms with Gasteiger partial charge in [-0.25, -0.2) is 0 Å². The molecule has 84 valence electrons. The molecule has 0 aromatic rings. The highest BCUT2D eigenvalue weighted by Gasteiger charge is 2.07. The van der Waals surface area contributed by atoms with Gasteiger partial charge in [0.05, 0.1) is 0 Å². The van der Waals surface area contributed by atoms with Gasteiger partial charge < -0.3 is 0 Å². The number of rotatable bonds is 6. The van der Waals surface area contributed by atoms with E-state index < -0.39 is 0 Å². The van der Waals surface area contributed by atoms with Crippen LogP contribution >= 0.6 is 0 Å². The fourth-order valence-electron chi connectivity index (χ4n) is 2.03. The first kappa shape index (κ1) is 12.2. The molecule has 1 rings (SSSR count). The van der Waals surface area contributed by atoms with E-state index in [1.807, 2.05) is 0 Å². The van der Waals surface area contributed by atoms with Crippen molar-refractivity contribution in [1.82, 2.24) is 0 Å². The van der Waals surface area contributed by atoms with Crippen molar-refractivity contribution in [3.63, 3.8) is 0 Å². The maximum absolute atomic E-state index is 10.9. The molecule has 0 saturated heterocycles. The molecule has 0 saturated carbocycles. The van der Waals surface area contributed by atoms with Gasteiger partial charge in [0.25, 0.3) is 0 Å². The SMILES string of the molecule is CCCCC/C(C=O)=C\[C@@H]1CC=CCC1. The molecule has 1 aliphatic carbocycles. The molecular formula is C14H22O. The van der Waals surface area contributed by atoms with Gasteiger partial charge >= 0.3 is 0 Å². The Morgan fingerprint density at radius 1 is 1.40 bits per heavy atom. The number of aldehydes is 1. The Morgan fingerprint density at radius 3 is 2.87 bits per heavy atom. The first-order chi connectivity index (χ1) is 7.36. The van der Waals surface area contributed by atoms with Crippen LogP contribution in [0.4, 0.5) is 0 Å². The van der Waals surface area contributed by atoms with E-state index in [9.17, 15) is 4.79 Å². The summed E-state index contributed by atoms with van der Waals surface area (Å²) >= 11 is 0. The second-order valence-corrected chi connectivity index (χ2v) is 4.36. The molecule has 1 atom stereocenters. The molecule has 1 nitrogen and oxygen atoms in total. The van der Waals surface area contributed by atoms with Gasteiger partial charge in [0.15, 0.2) is 0 Å². The summed E-state index contributed by atoms with van der Waals surface area (Å²) < 4.78 is 0. The monoisotopic (exact) mass is 206 g/mol. The number of hydrogen-bond acceptors (Lipinski definition) is 1. The highest BCUT2D eigenvalue weighted by Crippen LogP contribution is 2.21. The zero-order valence-corrected chi connectivity index (χ0v) is 9.74. The molecule has 0 fully saturated rings. The van der Waals surface area contributed by atoms with E-state index in [-0.39, 0.29) is 0 Å². The summed E-state index contributed by atoms with van der Waals surface area (Å²) in [6, 6.07) is 0. The summed E-state index contributed by atoms with van der Waals surface area (Å²) in [5.74, 6) is 0.608. The standard InChI is InChI=1S/C14H22O/c1-2-3-5-10-14(12-15)11-13-8-6-4-7-9-13/h4,6,11-13H,2-3,5,7-10H2,1H3/b14-11+/t13-/m1/s1. The van der Waals surface area contributed by atoms with E-state index >= 15 is 0 Å². The second kappa shape index (κ2) is 7.44. The molecule has 0 spiro atoms. The number of carbonyl (C=O) groups is 1. The minimum atomic E-state index is 0.608. The van der Waals surface area contributed by atoms with Crippen molar-refractivity contribution in [2.45, 2.75) is 51.9 Å². The molecule has 0 heterocycles. The van der Waals surface area contributed by atoms with E-state index in [2.05, 4.69) is 25.2 Å². The third-order valence-corrected chi connectivity index (χ3v) is 2.98. The van der Waals surface area contributed by atoms with Crippen molar-refractivity contribution in [2.24, 2.45) is 5.92 Å². The fourth-order valence-corrected chi connectivity index (χ4v) is 2.03. The first-order valence-corrected chi connectivity index (χ1v) is 6.17. The summed E-state index contributed by atoms with van der Waals surface area (Å²) in [5.41, 5.74) is 1.02. The highest BCUT2D eigenvalue weighted by molar-refractivity contribution is 5.73. The molecule has 0 N–H and O–H groups in total. The smallest absolute Gasteiger partial charge is 0.145 e. The van der Waals surface area contributed by atoms with Crippen LogP contribution in [0.25, 0.3) is 0 Å². The molecule has 0 aromatic carbocycles. The summed E-state index contributed by atoms with van der Waals surface area (Å²) in [4.78, 5) is 10.9. The van der Waals surface area contributed by atoms with Crippen LogP contribution in [-0.4, -0.2) is 6.29 Å². The first-order valence-electron chi connectivity index (χ1n) is 6.17. The third-order valence-electron chi connectivity index (χ3n) is 2.98. The minimum absolute atomic E-state index is 0.608. The topological polar surface area (TPSA) is 17.1 Å². The van der Waals surface area contributed by atoms with Crippen LogP contribution in [0.2, 0.25) is 0 Å². The summed E-state index contributed by atoms with van der Waals surface area (Å²) in [6.45, 7) is 2.19. The summed E-state index contributed by atoms with van der Waals surface area (Å²) in [6.07, 6.45) is 15.8. The van der Waals surface area contributed by atoms with Gasteiger partial charge in [0.1, 0.15) is 6.29 Å². The van der Waals surface area contributed by atoms with Crippen LogP contribution in [0.5, 0.6) is 0 Å². The fraction of sp³-hybridized carbons (Fsp3) is 0.643. The van der Waals surface area contributed by atoms with Crippen LogP contribution in [0.15, 0.2) is 23.8 Å². The Balaban J connectivity index is 2.38. The van der Waals surface area contributed by atoms with Gasteiger partial charge in [-0.2, -0.15) is 0 Å². The Morgan fingerprint density at radius 2 is 2.27 bits per heavy atom. The number of hydrogen-bond donors (Lipinski definition) is 0. The van der Waals surface area contributed by atoms with Gasteiger partial charge in [0, 0.05) is 0 Å². The summed E-state index contributed by atoms with van der Waals surface area (Å²) in [7, 11) is 0. The highest BCUT2D eigenvalue weighted by atomic mass is 16.1. The number of carbonyl (C=O) groups excluding carboxylic acids is 1. The number of unbranched alkanes of at least 4 members (excludes halogenated alkanes) is 2. The summed E-state index contributed by atoms with van der Waals surface area (Å²) in [5, 5.41) is 0. The lowest BCUT2D eigenvalue weighted by atomic mass is 9.91. The molecule has 0 aliphatic heterocycles. The lowest BCUT2D eigenvalue weighted by molar-refractivity contribution is -0.105. The van der Waals surface area contributed by atoms with Crippen LogP contribution in [0, 0.1) is 5.92 Å².